The van der Waals surface area contributed by atoms with Gasteiger partial charge in [-0.3, -0.25) is 14.4 Å². The number of hydrogen-bond acceptors (Lipinski definition) is 4. The molecule has 0 spiro atoms. The van der Waals surface area contributed by atoms with E-state index in [1.165, 1.54) is 29.2 Å². The highest BCUT2D eigenvalue weighted by atomic mass is 19.1. The molecule has 3 rings (SSSR count). The van der Waals surface area contributed by atoms with Gasteiger partial charge in [-0.05, 0) is 31.0 Å². The van der Waals surface area contributed by atoms with Gasteiger partial charge in [0.15, 0.2) is 0 Å². The van der Waals surface area contributed by atoms with Gasteiger partial charge in [0.25, 0.3) is 11.7 Å². The van der Waals surface area contributed by atoms with Crippen LogP contribution in [0.1, 0.15) is 35.6 Å². The fourth-order valence-electron chi connectivity index (χ4n) is 3.37. The summed E-state index contributed by atoms with van der Waals surface area (Å²) >= 11 is 0. The monoisotopic (exact) mass is 397 g/mol. The summed E-state index contributed by atoms with van der Waals surface area (Å²) in [6.45, 7) is 1.90. The van der Waals surface area contributed by atoms with Crippen molar-refractivity contribution in [2.75, 3.05) is 6.54 Å². The van der Waals surface area contributed by atoms with E-state index in [0.717, 1.165) is 5.56 Å². The van der Waals surface area contributed by atoms with Gasteiger partial charge in [0.05, 0.1) is 11.6 Å². The highest BCUT2D eigenvalue weighted by molar-refractivity contribution is 6.46. The van der Waals surface area contributed by atoms with E-state index in [2.05, 4.69) is 0 Å². The van der Waals surface area contributed by atoms with Crippen molar-refractivity contribution in [2.24, 2.45) is 0 Å². The second-order valence-corrected chi connectivity index (χ2v) is 6.91. The molecule has 150 valence electrons. The van der Waals surface area contributed by atoms with Gasteiger partial charge in [0, 0.05) is 18.5 Å². The molecular weight excluding hydrogens is 377 g/mol. The number of amides is 1. The number of carboxylic acids is 1. The van der Waals surface area contributed by atoms with Crippen molar-refractivity contribution in [2.45, 2.75) is 25.8 Å². The van der Waals surface area contributed by atoms with Crippen molar-refractivity contribution in [3.05, 3.63) is 76.6 Å². The molecule has 2 aromatic carbocycles. The molecule has 0 radical (unpaired) electrons. The number of rotatable bonds is 6. The summed E-state index contributed by atoms with van der Waals surface area (Å²) in [4.78, 5) is 37.5. The number of aliphatic carboxylic acids is 1. The zero-order valence-corrected chi connectivity index (χ0v) is 15.8. The van der Waals surface area contributed by atoms with E-state index in [-0.39, 0.29) is 30.7 Å². The number of aryl methyl sites for hydroxylation is 1. The first-order valence-corrected chi connectivity index (χ1v) is 9.12. The first-order valence-electron chi connectivity index (χ1n) is 9.12. The third-order valence-electron chi connectivity index (χ3n) is 4.84. The quantitative estimate of drug-likeness (QED) is 0.442. The van der Waals surface area contributed by atoms with Crippen LogP contribution in [-0.4, -0.2) is 39.3 Å². The molecule has 1 saturated heterocycles. The standard InChI is InChI=1S/C22H20FNO5/c1-13-4-6-15(7-5-13)20(27)18-19(14-8-10-16(23)11-9-14)24(22(29)21(18)28)12-2-3-17(25)26/h4-11,19,27H,2-3,12H2,1H3,(H,25,26). The second kappa shape index (κ2) is 8.26. The van der Waals surface area contributed by atoms with Crippen LogP contribution < -0.4 is 0 Å². The van der Waals surface area contributed by atoms with Crippen molar-refractivity contribution >= 4 is 23.4 Å². The number of hydrogen-bond donors (Lipinski definition) is 2. The Morgan fingerprint density at radius 1 is 1.03 bits per heavy atom. The van der Waals surface area contributed by atoms with E-state index in [1.54, 1.807) is 24.3 Å². The number of carbonyl (C=O) groups is 3. The van der Waals surface area contributed by atoms with Crippen LogP contribution in [0.4, 0.5) is 4.39 Å². The lowest BCUT2D eigenvalue weighted by molar-refractivity contribution is -0.140. The summed E-state index contributed by atoms with van der Waals surface area (Å²) in [6, 6.07) is 11.2. The molecule has 0 aliphatic carbocycles. The van der Waals surface area contributed by atoms with Gasteiger partial charge in [0.2, 0.25) is 0 Å². The average molecular weight is 397 g/mol. The molecule has 1 unspecified atom stereocenters. The number of carbonyl (C=O) groups excluding carboxylic acids is 2. The third kappa shape index (κ3) is 4.18. The predicted molar refractivity (Wildman–Crippen MR) is 103 cm³/mol. The van der Waals surface area contributed by atoms with E-state index >= 15 is 0 Å². The normalized spacial score (nSPS) is 18.3. The number of nitrogens with zero attached hydrogens (tertiary/aromatic N) is 1. The van der Waals surface area contributed by atoms with Crippen molar-refractivity contribution in [3.8, 4) is 0 Å². The molecule has 1 aliphatic heterocycles. The zero-order valence-electron chi connectivity index (χ0n) is 15.8. The number of benzene rings is 2. The molecule has 29 heavy (non-hydrogen) atoms. The number of halogens is 1. The highest BCUT2D eigenvalue weighted by Gasteiger charge is 2.45. The fraction of sp³-hybridized carbons (Fsp3) is 0.227. The van der Waals surface area contributed by atoms with E-state index in [0.29, 0.717) is 11.1 Å². The summed E-state index contributed by atoms with van der Waals surface area (Å²) in [7, 11) is 0. The topological polar surface area (TPSA) is 94.9 Å². The molecule has 7 heteroatoms. The first kappa shape index (κ1) is 20.3. The van der Waals surface area contributed by atoms with Crippen LogP contribution in [0.5, 0.6) is 0 Å². The van der Waals surface area contributed by atoms with Gasteiger partial charge in [-0.25, -0.2) is 4.39 Å². The maximum atomic E-state index is 13.4. The van der Waals surface area contributed by atoms with Crippen LogP contribution in [0.25, 0.3) is 5.76 Å². The van der Waals surface area contributed by atoms with E-state index in [1.807, 2.05) is 6.92 Å². The van der Waals surface area contributed by atoms with E-state index in [9.17, 15) is 23.9 Å². The molecule has 1 heterocycles. The van der Waals surface area contributed by atoms with E-state index < -0.39 is 29.5 Å². The van der Waals surface area contributed by atoms with E-state index in [4.69, 9.17) is 5.11 Å². The van der Waals surface area contributed by atoms with Crippen LogP contribution in [0, 0.1) is 12.7 Å². The van der Waals surface area contributed by atoms with Crippen molar-refractivity contribution in [1.82, 2.24) is 4.90 Å². The van der Waals surface area contributed by atoms with Gasteiger partial charge in [-0.15, -0.1) is 0 Å². The Balaban J connectivity index is 2.08. The summed E-state index contributed by atoms with van der Waals surface area (Å²) < 4.78 is 13.4. The van der Waals surface area contributed by atoms with Gasteiger partial charge < -0.3 is 15.1 Å². The highest BCUT2D eigenvalue weighted by Crippen LogP contribution is 2.39. The smallest absolute Gasteiger partial charge is 0.303 e. The number of likely N-dealkylation sites (tertiary alicyclic amines) is 1. The maximum Gasteiger partial charge on any atom is 0.303 e. The average Bonchev–Trinajstić information content (AvgIpc) is 2.93. The number of aliphatic hydroxyl groups is 1. The molecule has 6 nitrogen and oxygen atoms in total. The number of ketones is 1. The Labute approximate surface area is 166 Å². The molecule has 2 aromatic rings. The van der Waals surface area contributed by atoms with Gasteiger partial charge in [-0.1, -0.05) is 42.0 Å². The SMILES string of the molecule is Cc1ccc(C(O)=C2C(=O)C(=O)N(CCCC(=O)O)C2c2ccc(F)cc2)cc1. The minimum Gasteiger partial charge on any atom is -0.507 e. The fourth-order valence-corrected chi connectivity index (χ4v) is 3.37. The van der Waals surface area contributed by atoms with Crippen LogP contribution >= 0.6 is 0 Å². The zero-order chi connectivity index (χ0) is 21.1. The predicted octanol–water partition coefficient (Wildman–Crippen LogP) is 3.42. The maximum absolute atomic E-state index is 13.4. The lowest BCUT2D eigenvalue weighted by atomic mass is 9.95. The summed E-state index contributed by atoms with van der Waals surface area (Å²) in [5.41, 5.74) is 1.70. The molecule has 2 N–H and O–H groups in total. The van der Waals surface area contributed by atoms with Gasteiger partial charge in [-0.2, -0.15) is 0 Å². The Bertz CT molecular complexity index is 979. The number of Topliss-reactive ketones (excluding diaryl/α,β-unsaturated/α-hetero) is 1. The summed E-state index contributed by atoms with van der Waals surface area (Å²) in [6.07, 6.45) is -0.0261. The lowest BCUT2D eigenvalue weighted by Gasteiger charge is -2.25. The Hall–Kier alpha value is -3.48. The largest absolute Gasteiger partial charge is 0.507 e. The van der Waals surface area contributed by atoms with Crippen LogP contribution in [-0.2, 0) is 14.4 Å². The van der Waals surface area contributed by atoms with Gasteiger partial charge >= 0.3 is 5.97 Å². The summed E-state index contributed by atoms with van der Waals surface area (Å²) in [5.74, 6) is -3.49. The molecule has 0 bridgehead atoms. The minimum absolute atomic E-state index is 0.0175. The third-order valence-corrected chi connectivity index (χ3v) is 4.84. The molecule has 1 fully saturated rings. The Morgan fingerprint density at radius 2 is 1.66 bits per heavy atom. The lowest BCUT2D eigenvalue weighted by Crippen LogP contribution is -2.31. The molecule has 1 atom stereocenters. The molecule has 1 aliphatic rings. The molecule has 0 aromatic heterocycles. The Morgan fingerprint density at radius 3 is 2.24 bits per heavy atom. The number of carboxylic acid groups (broad SMARTS) is 1. The Kier molecular flexibility index (Phi) is 5.77. The van der Waals surface area contributed by atoms with Crippen LogP contribution in [0.15, 0.2) is 54.1 Å². The van der Waals surface area contributed by atoms with Crippen molar-refractivity contribution < 1.29 is 29.0 Å². The second-order valence-electron chi connectivity index (χ2n) is 6.91. The molecular formula is C22H20FNO5. The van der Waals surface area contributed by atoms with Crippen LogP contribution in [0.3, 0.4) is 0 Å². The molecule has 1 amide bonds. The van der Waals surface area contributed by atoms with Crippen molar-refractivity contribution in [3.63, 3.8) is 0 Å². The molecule has 0 saturated carbocycles. The first-order chi connectivity index (χ1) is 13.8. The van der Waals surface area contributed by atoms with Gasteiger partial charge in [0.1, 0.15) is 11.6 Å². The minimum atomic E-state index is -1.01. The van der Waals surface area contributed by atoms with Crippen LogP contribution in [0.2, 0.25) is 0 Å². The summed E-state index contributed by atoms with van der Waals surface area (Å²) in [5, 5.41) is 19.7. The van der Waals surface area contributed by atoms with Crippen molar-refractivity contribution in [1.29, 1.82) is 0 Å². The number of aliphatic hydroxyl groups excluding tert-OH is 1.